The van der Waals surface area contributed by atoms with Crippen molar-refractivity contribution >= 4 is 5.91 Å². The van der Waals surface area contributed by atoms with Crippen LogP contribution in [0.25, 0.3) is 0 Å². The molecule has 1 amide bonds. The van der Waals surface area contributed by atoms with E-state index in [4.69, 9.17) is 0 Å². The standard InChI is InChI=1S/C21H28N2O/c24-20(23-13-17-11-22-12-18(17)14-23)21(9-15-4-2-1-3-5-15)10-16-6-7-19(21)8-16/h1-5,16-19,22H,6-14H2/t16?,17-,18+,19?,21?. The summed E-state index contributed by atoms with van der Waals surface area (Å²) in [5.74, 6) is 3.30. The van der Waals surface area contributed by atoms with Crippen LogP contribution in [0.5, 0.6) is 0 Å². The average molecular weight is 324 g/mol. The molecule has 5 atom stereocenters. The number of carbonyl (C=O) groups excluding carboxylic acids is 1. The zero-order chi connectivity index (χ0) is 16.1. The minimum absolute atomic E-state index is 0.101. The first kappa shape index (κ1) is 14.9. The molecule has 2 saturated heterocycles. The molecule has 3 heteroatoms. The third-order valence-electron chi connectivity index (χ3n) is 7.44. The molecule has 1 N–H and O–H groups in total. The highest BCUT2D eigenvalue weighted by molar-refractivity contribution is 5.84. The lowest BCUT2D eigenvalue weighted by molar-refractivity contribution is -0.144. The number of amides is 1. The van der Waals surface area contributed by atoms with Gasteiger partial charge in [0, 0.05) is 26.2 Å². The summed E-state index contributed by atoms with van der Waals surface area (Å²) in [5, 5.41) is 3.49. The van der Waals surface area contributed by atoms with Gasteiger partial charge in [-0.3, -0.25) is 4.79 Å². The van der Waals surface area contributed by atoms with E-state index in [1.54, 1.807) is 0 Å². The highest BCUT2D eigenvalue weighted by Crippen LogP contribution is 2.58. The first-order chi connectivity index (χ1) is 11.7. The van der Waals surface area contributed by atoms with Gasteiger partial charge < -0.3 is 10.2 Å². The quantitative estimate of drug-likeness (QED) is 0.927. The van der Waals surface area contributed by atoms with Crippen LogP contribution in [0.15, 0.2) is 30.3 Å². The number of nitrogens with one attached hydrogen (secondary N) is 1. The molecular formula is C21H28N2O. The summed E-state index contributed by atoms with van der Waals surface area (Å²) in [5.41, 5.74) is 1.25. The van der Waals surface area contributed by atoms with E-state index in [0.717, 1.165) is 44.9 Å². The Hall–Kier alpha value is -1.35. The molecule has 3 nitrogen and oxygen atoms in total. The Kier molecular flexibility index (Phi) is 3.48. The third-order valence-corrected chi connectivity index (χ3v) is 7.44. The lowest BCUT2D eigenvalue weighted by atomic mass is 9.68. The van der Waals surface area contributed by atoms with Gasteiger partial charge >= 0.3 is 0 Å². The molecule has 1 aromatic carbocycles. The van der Waals surface area contributed by atoms with Gasteiger partial charge in [-0.2, -0.15) is 0 Å². The maximum Gasteiger partial charge on any atom is 0.229 e. The average Bonchev–Trinajstić information content (AvgIpc) is 3.35. The smallest absolute Gasteiger partial charge is 0.229 e. The minimum atomic E-state index is -0.101. The monoisotopic (exact) mass is 324 g/mol. The van der Waals surface area contributed by atoms with Crippen molar-refractivity contribution < 1.29 is 4.79 Å². The third kappa shape index (κ3) is 2.24. The number of carbonyl (C=O) groups is 1. The van der Waals surface area contributed by atoms with Crippen LogP contribution < -0.4 is 5.32 Å². The van der Waals surface area contributed by atoms with Gasteiger partial charge in [-0.1, -0.05) is 36.8 Å². The summed E-state index contributed by atoms with van der Waals surface area (Å²) >= 11 is 0. The Bertz CT molecular complexity index is 618. The zero-order valence-electron chi connectivity index (χ0n) is 14.4. The van der Waals surface area contributed by atoms with E-state index >= 15 is 0 Å². The van der Waals surface area contributed by atoms with Gasteiger partial charge in [-0.25, -0.2) is 0 Å². The van der Waals surface area contributed by atoms with Gasteiger partial charge in [0.25, 0.3) is 0 Å². The molecule has 128 valence electrons. The van der Waals surface area contributed by atoms with E-state index in [0.29, 0.717) is 23.7 Å². The predicted octanol–water partition coefficient (Wildman–Crippen LogP) is 2.71. The number of fused-ring (bicyclic) bond motifs is 3. The molecule has 2 aliphatic carbocycles. The number of benzene rings is 1. The molecule has 4 fully saturated rings. The number of rotatable bonds is 3. The molecule has 24 heavy (non-hydrogen) atoms. The van der Waals surface area contributed by atoms with Crippen molar-refractivity contribution in [1.82, 2.24) is 10.2 Å². The van der Waals surface area contributed by atoms with Crippen molar-refractivity contribution in [1.29, 1.82) is 0 Å². The van der Waals surface area contributed by atoms with E-state index in [1.807, 2.05) is 0 Å². The van der Waals surface area contributed by atoms with E-state index in [2.05, 4.69) is 40.5 Å². The Morgan fingerprint density at radius 3 is 2.50 bits per heavy atom. The van der Waals surface area contributed by atoms with Crippen LogP contribution in [-0.2, 0) is 11.2 Å². The molecule has 2 bridgehead atoms. The second kappa shape index (κ2) is 5.59. The second-order valence-electron chi connectivity index (χ2n) is 8.79. The van der Waals surface area contributed by atoms with Crippen molar-refractivity contribution in [2.75, 3.05) is 26.2 Å². The van der Waals surface area contributed by atoms with Gasteiger partial charge in [0.1, 0.15) is 0 Å². The van der Waals surface area contributed by atoms with Crippen LogP contribution in [0, 0.1) is 29.1 Å². The van der Waals surface area contributed by atoms with Crippen molar-refractivity contribution in [3.63, 3.8) is 0 Å². The Morgan fingerprint density at radius 2 is 1.88 bits per heavy atom. The largest absolute Gasteiger partial charge is 0.342 e. The molecule has 3 unspecified atom stereocenters. The van der Waals surface area contributed by atoms with Crippen molar-refractivity contribution in [2.45, 2.75) is 32.1 Å². The predicted molar refractivity (Wildman–Crippen MR) is 94.5 cm³/mol. The van der Waals surface area contributed by atoms with Crippen LogP contribution in [-0.4, -0.2) is 37.0 Å². The van der Waals surface area contributed by atoms with Gasteiger partial charge in [0.05, 0.1) is 5.41 Å². The fourth-order valence-electron chi connectivity index (χ4n) is 6.29. The normalized spacial score (nSPS) is 40.2. The topological polar surface area (TPSA) is 32.3 Å². The van der Waals surface area contributed by atoms with Crippen molar-refractivity contribution in [3.05, 3.63) is 35.9 Å². The van der Waals surface area contributed by atoms with E-state index in [1.165, 1.54) is 24.8 Å². The van der Waals surface area contributed by atoms with E-state index < -0.39 is 0 Å². The minimum Gasteiger partial charge on any atom is -0.342 e. The molecule has 0 aromatic heterocycles. The number of hydrogen-bond donors (Lipinski definition) is 1. The van der Waals surface area contributed by atoms with Crippen LogP contribution in [0.4, 0.5) is 0 Å². The molecule has 0 radical (unpaired) electrons. The molecule has 4 aliphatic rings. The molecule has 0 spiro atoms. The Balaban J connectivity index is 1.43. The maximum absolute atomic E-state index is 13.7. The molecule has 5 rings (SSSR count). The van der Waals surface area contributed by atoms with Crippen LogP contribution in [0.1, 0.15) is 31.2 Å². The van der Waals surface area contributed by atoms with E-state index in [-0.39, 0.29) is 5.41 Å². The molecule has 2 saturated carbocycles. The fourth-order valence-corrected chi connectivity index (χ4v) is 6.29. The first-order valence-corrected chi connectivity index (χ1v) is 9.78. The van der Waals surface area contributed by atoms with Gasteiger partial charge in [-0.05, 0) is 54.9 Å². The lowest BCUT2D eigenvalue weighted by Crippen LogP contribution is -2.48. The number of hydrogen-bond acceptors (Lipinski definition) is 2. The zero-order valence-corrected chi connectivity index (χ0v) is 14.4. The van der Waals surface area contributed by atoms with Gasteiger partial charge in [-0.15, -0.1) is 0 Å². The number of likely N-dealkylation sites (tertiary alicyclic amines) is 1. The molecule has 1 aromatic rings. The summed E-state index contributed by atoms with van der Waals surface area (Å²) in [6.07, 6.45) is 6.00. The van der Waals surface area contributed by atoms with Gasteiger partial charge in [0.2, 0.25) is 5.91 Å². The van der Waals surface area contributed by atoms with Crippen LogP contribution in [0.3, 0.4) is 0 Å². The SMILES string of the molecule is O=C(N1C[C@H]2CNC[C@H]2C1)C1(Cc2ccccc2)CC2CCC1C2. The lowest BCUT2D eigenvalue weighted by Gasteiger charge is -2.39. The fraction of sp³-hybridized carbons (Fsp3) is 0.667. The molecule has 2 heterocycles. The summed E-state index contributed by atoms with van der Waals surface area (Å²) in [6.45, 7) is 4.19. The number of nitrogens with zero attached hydrogens (tertiary/aromatic N) is 1. The Morgan fingerprint density at radius 1 is 1.12 bits per heavy atom. The van der Waals surface area contributed by atoms with E-state index in [9.17, 15) is 4.79 Å². The summed E-state index contributed by atoms with van der Waals surface area (Å²) < 4.78 is 0. The van der Waals surface area contributed by atoms with Gasteiger partial charge in [0.15, 0.2) is 0 Å². The Labute approximate surface area is 144 Å². The summed E-state index contributed by atoms with van der Waals surface area (Å²) in [7, 11) is 0. The second-order valence-corrected chi connectivity index (χ2v) is 8.79. The summed E-state index contributed by atoms with van der Waals surface area (Å²) in [6, 6.07) is 10.7. The van der Waals surface area contributed by atoms with Crippen molar-refractivity contribution in [3.8, 4) is 0 Å². The first-order valence-electron chi connectivity index (χ1n) is 9.78. The highest BCUT2D eigenvalue weighted by atomic mass is 16.2. The molecule has 2 aliphatic heterocycles. The maximum atomic E-state index is 13.7. The van der Waals surface area contributed by atoms with Crippen molar-refractivity contribution in [2.24, 2.45) is 29.1 Å². The molecular weight excluding hydrogens is 296 g/mol. The summed E-state index contributed by atoms with van der Waals surface area (Å²) in [4.78, 5) is 16.0. The van der Waals surface area contributed by atoms with Crippen LogP contribution >= 0.6 is 0 Å². The van der Waals surface area contributed by atoms with Crippen LogP contribution in [0.2, 0.25) is 0 Å². The highest BCUT2D eigenvalue weighted by Gasteiger charge is 2.57.